The number of nitrogens with zero attached hydrogens (tertiary/aromatic N) is 1. The second-order valence-corrected chi connectivity index (χ2v) is 3.12. The van der Waals surface area contributed by atoms with Crippen molar-refractivity contribution in [2.24, 2.45) is 0 Å². The van der Waals surface area contributed by atoms with E-state index in [9.17, 15) is 0 Å². The molecular formula is C10H13N2+. The molecule has 0 radical (unpaired) electrons. The summed E-state index contributed by atoms with van der Waals surface area (Å²) in [5.74, 6) is 0. The van der Waals surface area contributed by atoms with Crippen LogP contribution >= 0.6 is 0 Å². The molecule has 0 aliphatic carbocycles. The van der Waals surface area contributed by atoms with Crippen molar-refractivity contribution >= 4 is 10.9 Å². The monoisotopic (exact) mass is 161 g/mol. The molecule has 0 aliphatic rings. The number of nitrogens with one attached hydrogen (secondary N) is 1. The number of rotatable bonds is 1. The molecule has 1 N–H and O–H groups in total. The second kappa shape index (κ2) is 2.63. The number of aromatic nitrogens is 2. The summed E-state index contributed by atoms with van der Waals surface area (Å²) in [6.07, 6.45) is 2.14. The lowest BCUT2D eigenvalue weighted by Crippen LogP contribution is -2.32. The molecule has 0 saturated heterocycles. The van der Waals surface area contributed by atoms with E-state index in [2.05, 4.69) is 48.0 Å². The van der Waals surface area contributed by atoms with Crippen molar-refractivity contribution in [3.8, 4) is 0 Å². The van der Waals surface area contributed by atoms with Crippen molar-refractivity contribution in [3.05, 3.63) is 30.0 Å². The van der Waals surface area contributed by atoms with E-state index in [1.807, 2.05) is 0 Å². The number of aryl methyl sites for hydroxylation is 2. The predicted octanol–water partition coefficient (Wildman–Crippen LogP) is 1.78. The smallest absolute Gasteiger partial charge is 0.165 e. The molecule has 2 aromatic rings. The molecule has 0 fully saturated rings. The van der Waals surface area contributed by atoms with Gasteiger partial charge in [0.1, 0.15) is 5.52 Å². The van der Waals surface area contributed by atoms with Crippen LogP contribution in [0.25, 0.3) is 10.9 Å². The summed E-state index contributed by atoms with van der Waals surface area (Å²) in [7, 11) is 0. The number of benzene rings is 1. The molecule has 0 spiro atoms. The summed E-state index contributed by atoms with van der Waals surface area (Å²) >= 11 is 0. The van der Waals surface area contributed by atoms with Crippen molar-refractivity contribution in [2.45, 2.75) is 20.4 Å². The van der Waals surface area contributed by atoms with E-state index >= 15 is 0 Å². The van der Waals surface area contributed by atoms with E-state index in [4.69, 9.17) is 0 Å². The molecule has 1 heterocycles. The van der Waals surface area contributed by atoms with Gasteiger partial charge in [0.15, 0.2) is 6.54 Å². The third-order valence-electron chi connectivity index (χ3n) is 2.11. The van der Waals surface area contributed by atoms with E-state index in [-0.39, 0.29) is 0 Å². The zero-order valence-corrected chi connectivity index (χ0v) is 7.46. The Bertz CT molecular complexity index is 401. The highest BCUT2D eigenvalue weighted by atomic mass is 15.3. The van der Waals surface area contributed by atoms with Gasteiger partial charge in [-0.25, -0.2) is 0 Å². The minimum absolute atomic E-state index is 0.994. The molecule has 0 atom stereocenters. The first-order valence-corrected chi connectivity index (χ1v) is 4.28. The molecule has 12 heavy (non-hydrogen) atoms. The largest absolute Gasteiger partial charge is 0.203 e. The average Bonchev–Trinajstić information content (AvgIpc) is 2.46. The first-order valence-electron chi connectivity index (χ1n) is 4.28. The number of aromatic amines is 1. The minimum atomic E-state index is 0.994. The normalized spacial score (nSPS) is 10.8. The molecule has 0 unspecified atom stereocenters. The van der Waals surface area contributed by atoms with Crippen LogP contribution < -0.4 is 4.68 Å². The van der Waals surface area contributed by atoms with Gasteiger partial charge in [0.05, 0.1) is 5.39 Å². The molecule has 0 aliphatic heterocycles. The third kappa shape index (κ3) is 1.09. The molecule has 62 valence electrons. The van der Waals surface area contributed by atoms with Crippen LogP contribution in [0.3, 0.4) is 0 Å². The Balaban J connectivity index is 2.67. The molecule has 0 bridgehead atoms. The molecular weight excluding hydrogens is 148 g/mol. The molecule has 1 aromatic heterocycles. The van der Waals surface area contributed by atoms with E-state index in [1.165, 1.54) is 16.5 Å². The maximum absolute atomic E-state index is 3.29. The third-order valence-corrected chi connectivity index (χ3v) is 2.11. The molecule has 1 aromatic carbocycles. The van der Waals surface area contributed by atoms with E-state index in [0.717, 1.165) is 6.54 Å². The highest BCUT2D eigenvalue weighted by molar-refractivity contribution is 5.77. The van der Waals surface area contributed by atoms with Gasteiger partial charge >= 0.3 is 0 Å². The summed E-state index contributed by atoms with van der Waals surface area (Å²) in [5, 5.41) is 4.58. The average molecular weight is 161 g/mol. The zero-order valence-electron chi connectivity index (χ0n) is 7.46. The van der Waals surface area contributed by atoms with Gasteiger partial charge in [-0.05, 0) is 26.0 Å². The van der Waals surface area contributed by atoms with Gasteiger partial charge in [-0.3, -0.25) is 0 Å². The molecule has 2 heteroatoms. The van der Waals surface area contributed by atoms with Gasteiger partial charge in [0.2, 0.25) is 6.20 Å². The van der Waals surface area contributed by atoms with Crippen LogP contribution in [0.1, 0.15) is 12.5 Å². The summed E-state index contributed by atoms with van der Waals surface area (Å²) in [4.78, 5) is 0. The van der Waals surface area contributed by atoms with E-state index in [0.29, 0.717) is 0 Å². The van der Waals surface area contributed by atoms with Gasteiger partial charge in [-0.1, -0.05) is 11.6 Å². The van der Waals surface area contributed by atoms with Crippen molar-refractivity contribution in [1.82, 2.24) is 5.10 Å². The van der Waals surface area contributed by atoms with E-state index < -0.39 is 0 Å². The number of hydrogen-bond donors (Lipinski definition) is 1. The Morgan fingerprint density at radius 2 is 2.25 bits per heavy atom. The topological polar surface area (TPSA) is 19.7 Å². The predicted molar refractivity (Wildman–Crippen MR) is 48.9 cm³/mol. The van der Waals surface area contributed by atoms with Gasteiger partial charge in [0, 0.05) is 0 Å². The van der Waals surface area contributed by atoms with Crippen LogP contribution in [0, 0.1) is 6.92 Å². The first kappa shape index (κ1) is 7.35. The van der Waals surface area contributed by atoms with E-state index in [1.54, 1.807) is 0 Å². The van der Waals surface area contributed by atoms with Gasteiger partial charge in [0.25, 0.3) is 0 Å². The fourth-order valence-electron chi connectivity index (χ4n) is 1.42. The SMILES string of the molecule is CC[n+]1cc2cc(C)ccc2[nH]1. The van der Waals surface area contributed by atoms with Crippen molar-refractivity contribution in [1.29, 1.82) is 0 Å². The van der Waals surface area contributed by atoms with Crippen LogP contribution in [0.5, 0.6) is 0 Å². The van der Waals surface area contributed by atoms with Gasteiger partial charge in [-0.2, -0.15) is 5.10 Å². The van der Waals surface area contributed by atoms with Gasteiger partial charge in [-0.15, -0.1) is 4.68 Å². The summed E-state index contributed by atoms with van der Waals surface area (Å²) in [6, 6.07) is 6.44. The summed E-state index contributed by atoms with van der Waals surface area (Å²) in [5.41, 5.74) is 2.52. The lowest BCUT2D eigenvalue weighted by atomic mass is 10.2. The Hall–Kier alpha value is -1.31. The summed E-state index contributed by atoms with van der Waals surface area (Å²) < 4.78 is 2.09. The van der Waals surface area contributed by atoms with Crippen molar-refractivity contribution in [3.63, 3.8) is 0 Å². The molecule has 2 rings (SSSR count). The summed E-state index contributed by atoms with van der Waals surface area (Å²) in [6.45, 7) is 5.23. The Labute approximate surface area is 71.8 Å². The Kier molecular flexibility index (Phi) is 1.61. The lowest BCUT2D eigenvalue weighted by molar-refractivity contribution is -0.745. The number of hydrogen-bond acceptors (Lipinski definition) is 0. The highest BCUT2D eigenvalue weighted by Crippen LogP contribution is 2.10. The van der Waals surface area contributed by atoms with Crippen LogP contribution in [0.15, 0.2) is 24.4 Å². The van der Waals surface area contributed by atoms with Crippen LogP contribution in [0.4, 0.5) is 0 Å². The molecule has 0 saturated carbocycles. The maximum atomic E-state index is 3.29. The molecule has 2 nitrogen and oxygen atoms in total. The molecule has 0 amide bonds. The Morgan fingerprint density at radius 1 is 1.42 bits per heavy atom. The van der Waals surface area contributed by atoms with Crippen molar-refractivity contribution in [2.75, 3.05) is 0 Å². The van der Waals surface area contributed by atoms with Crippen LogP contribution in [-0.4, -0.2) is 5.10 Å². The van der Waals surface area contributed by atoms with Gasteiger partial charge < -0.3 is 0 Å². The minimum Gasteiger partial charge on any atom is -0.165 e. The maximum Gasteiger partial charge on any atom is 0.203 e. The van der Waals surface area contributed by atoms with Crippen LogP contribution in [0.2, 0.25) is 0 Å². The highest BCUT2D eigenvalue weighted by Gasteiger charge is 2.03. The quantitative estimate of drug-likeness (QED) is 0.615. The number of H-pyrrole nitrogens is 1. The number of fused-ring (bicyclic) bond motifs is 1. The fraction of sp³-hybridized carbons (Fsp3) is 0.300. The second-order valence-electron chi connectivity index (χ2n) is 3.12. The Morgan fingerprint density at radius 3 is 3.00 bits per heavy atom. The van der Waals surface area contributed by atoms with Crippen molar-refractivity contribution < 1.29 is 4.68 Å². The van der Waals surface area contributed by atoms with Crippen LogP contribution in [-0.2, 0) is 6.54 Å². The lowest BCUT2D eigenvalue weighted by Gasteiger charge is -1.87. The fourth-order valence-corrected chi connectivity index (χ4v) is 1.42. The first-order chi connectivity index (χ1) is 5.79. The standard InChI is InChI=1S/C10H12N2/c1-3-12-7-9-6-8(2)4-5-10(9)11-12/h4-7H,3H2,1-2H3/p+1. The zero-order chi connectivity index (χ0) is 8.55.